The molecule has 0 N–H and O–H groups in total. The second kappa shape index (κ2) is 5.65. The molecule has 1 saturated heterocycles. The zero-order chi connectivity index (χ0) is 12.2. The summed E-state index contributed by atoms with van der Waals surface area (Å²) >= 11 is 0. The van der Waals surface area contributed by atoms with Gasteiger partial charge in [-0.1, -0.05) is 51.9 Å². The topological polar surface area (TPSA) is 9.23 Å². The quantitative estimate of drug-likeness (QED) is 0.519. The second-order valence-electron chi connectivity index (χ2n) is 5.12. The lowest BCUT2D eigenvalue weighted by Crippen LogP contribution is -2.67. The normalized spacial score (nSPS) is 27.6. The van der Waals surface area contributed by atoms with Gasteiger partial charge >= 0.3 is 0 Å². The molecule has 0 amide bonds. The maximum absolute atomic E-state index is 6.60. The smallest absolute Gasteiger partial charge is 0.180 e. The minimum absolute atomic E-state index is 0.366. The van der Waals surface area contributed by atoms with Crippen LogP contribution in [0.1, 0.15) is 34.1 Å². The standard InChI is InChI=1S/C13H28OSi2/c1-6-13-11-12-15(7-2,8-3)16(9-4,10-5)14-13/h6,13H,1,7-12H2,2-5H3. The van der Waals surface area contributed by atoms with Crippen LogP contribution in [0, 0.1) is 0 Å². The summed E-state index contributed by atoms with van der Waals surface area (Å²) in [4.78, 5) is 0. The molecule has 94 valence electrons. The Morgan fingerprint density at radius 3 is 2.06 bits per heavy atom. The molecule has 16 heavy (non-hydrogen) atoms. The molecule has 1 unspecified atom stereocenters. The van der Waals surface area contributed by atoms with Crippen LogP contribution >= 0.6 is 0 Å². The molecule has 1 aliphatic heterocycles. The molecule has 0 aromatic rings. The van der Waals surface area contributed by atoms with Crippen molar-refractivity contribution in [3.8, 4) is 0 Å². The Hall–Kier alpha value is 0.134. The van der Waals surface area contributed by atoms with Gasteiger partial charge in [-0.25, -0.2) is 0 Å². The zero-order valence-electron chi connectivity index (χ0n) is 11.5. The highest BCUT2D eigenvalue weighted by Gasteiger charge is 2.55. The van der Waals surface area contributed by atoms with Crippen molar-refractivity contribution in [2.75, 3.05) is 0 Å². The summed E-state index contributed by atoms with van der Waals surface area (Å²) in [7, 11) is -2.53. The third kappa shape index (κ3) is 2.09. The van der Waals surface area contributed by atoms with Crippen molar-refractivity contribution < 1.29 is 4.43 Å². The fourth-order valence-corrected chi connectivity index (χ4v) is 22.2. The predicted molar refractivity (Wildman–Crippen MR) is 77.9 cm³/mol. The molecule has 0 aliphatic carbocycles. The van der Waals surface area contributed by atoms with Crippen LogP contribution in [0.4, 0.5) is 0 Å². The molecule has 1 nitrogen and oxygen atoms in total. The Morgan fingerprint density at radius 1 is 1.12 bits per heavy atom. The van der Waals surface area contributed by atoms with E-state index in [1.807, 2.05) is 6.08 Å². The van der Waals surface area contributed by atoms with Gasteiger partial charge in [-0.15, -0.1) is 6.58 Å². The van der Waals surface area contributed by atoms with Crippen LogP contribution in [0.3, 0.4) is 0 Å². The van der Waals surface area contributed by atoms with Crippen LogP contribution in [0.2, 0.25) is 30.2 Å². The summed E-state index contributed by atoms with van der Waals surface area (Å²) in [5.74, 6) is 0. The van der Waals surface area contributed by atoms with E-state index in [0.29, 0.717) is 6.10 Å². The van der Waals surface area contributed by atoms with Crippen molar-refractivity contribution in [2.24, 2.45) is 0 Å². The molecule has 1 heterocycles. The molecular formula is C13H28OSi2. The highest BCUT2D eigenvalue weighted by Crippen LogP contribution is 2.43. The van der Waals surface area contributed by atoms with Gasteiger partial charge in [0.25, 0.3) is 0 Å². The molecule has 0 saturated carbocycles. The molecule has 0 spiro atoms. The van der Waals surface area contributed by atoms with E-state index < -0.39 is 15.4 Å². The third-order valence-electron chi connectivity index (χ3n) is 5.01. The third-order valence-corrected chi connectivity index (χ3v) is 25.1. The maximum atomic E-state index is 6.60. The average Bonchev–Trinajstić information content (AvgIpc) is 2.37. The first-order valence-electron chi connectivity index (χ1n) is 6.94. The lowest BCUT2D eigenvalue weighted by molar-refractivity contribution is 0.227. The van der Waals surface area contributed by atoms with Crippen molar-refractivity contribution in [3.63, 3.8) is 0 Å². The van der Waals surface area contributed by atoms with Crippen molar-refractivity contribution >= 4 is 15.4 Å². The van der Waals surface area contributed by atoms with E-state index >= 15 is 0 Å². The molecule has 1 aliphatic rings. The number of hydrogen-bond donors (Lipinski definition) is 0. The van der Waals surface area contributed by atoms with E-state index in [4.69, 9.17) is 4.43 Å². The monoisotopic (exact) mass is 256 g/mol. The summed E-state index contributed by atoms with van der Waals surface area (Å²) in [6.07, 6.45) is 3.65. The van der Waals surface area contributed by atoms with Gasteiger partial charge in [0.2, 0.25) is 0 Å². The minimum atomic E-state index is -1.43. The van der Waals surface area contributed by atoms with Crippen LogP contribution in [-0.2, 0) is 4.43 Å². The highest BCUT2D eigenvalue weighted by atomic mass is 29.3. The van der Waals surface area contributed by atoms with E-state index in [-0.39, 0.29) is 0 Å². The van der Waals surface area contributed by atoms with E-state index in [0.717, 1.165) is 0 Å². The molecule has 0 radical (unpaired) electrons. The van der Waals surface area contributed by atoms with Gasteiger partial charge in [0, 0.05) is 0 Å². The summed E-state index contributed by atoms with van der Waals surface area (Å²) in [6, 6.07) is 7.00. The van der Waals surface area contributed by atoms with Gasteiger partial charge in [0.1, 0.15) is 0 Å². The zero-order valence-corrected chi connectivity index (χ0v) is 13.5. The van der Waals surface area contributed by atoms with Crippen molar-refractivity contribution in [3.05, 3.63) is 12.7 Å². The van der Waals surface area contributed by atoms with Crippen LogP contribution in [-0.4, -0.2) is 21.5 Å². The molecule has 0 aromatic heterocycles. The molecule has 1 fully saturated rings. The SMILES string of the molecule is C=CC1CC[Si](CC)(CC)[Si](CC)(CC)O1. The first-order chi connectivity index (χ1) is 7.63. The molecule has 3 heteroatoms. The van der Waals surface area contributed by atoms with Crippen LogP contribution in [0.25, 0.3) is 0 Å². The van der Waals surface area contributed by atoms with E-state index in [1.165, 1.54) is 36.6 Å². The minimum Gasteiger partial charge on any atom is -0.413 e. The van der Waals surface area contributed by atoms with Gasteiger partial charge in [0.15, 0.2) is 7.83 Å². The summed E-state index contributed by atoms with van der Waals surface area (Å²) in [5.41, 5.74) is 0. The lowest BCUT2D eigenvalue weighted by atomic mass is 10.3. The molecule has 0 bridgehead atoms. The van der Waals surface area contributed by atoms with Gasteiger partial charge in [-0.05, 0) is 18.5 Å². The van der Waals surface area contributed by atoms with Crippen molar-refractivity contribution in [1.82, 2.24) is 0 Å². The summed E-state index contributed by atoms with van der Waals surface area (Å²) in [5, 5.41) is 0. The number of rotatable bonds is 5. The predicted octanol–water partition coefficient (Wildman–Crippen LogP) is 4.51. The van der Waals surface area contributed by atoms with Crippen LogP contribution in [0.5, 0.6) is 0 Å². The Balaban J connectivity index is 3.03. The number of hydrogen-bond acceptors (Lipinski definition) is 1. The Kier molecular flexibility index (Phi) is 5.01. The molecule has 1 rings (SSSR count). The highest BCUT2D eigenvalue weighted by molar-refractivity contribution is 7.40. The summed E-state index contributed by atoms with van der Waals surface area (Å²) in [6.45, 7) is 13.5. The van der Waals surface area contributed by atoms with Crippen molar-refractivity contribution in [1.29, 1.82) is 0 Å². The fourth-order valence-electron chi connectivity index (χ4n) is 3.70. The first kappa shape index (κ1) is 14.2. The largest absolute Gasteiger partial charge is 0.413 e. The Labute approximate surface area is 103 Å². The van der Waals surface area contributed by atoms with Gasteiger partial charge < -0.3 is 4.43 Å². The average molecular weight is 257 g/mol. The van der Waals surface area contributed by atoms with Gasteiger partial charge in [-0.2, -0.15) is 0 Å². The van der Waals surface area contributed by atoms with Crippen LogP contribution in [0.15, 0.2) is 12.7 Å². The van der Waals surface area contributed by atoms with Crippen molar-refractivity contribution in [2.45, 2.75) is 70.4 Å². The first-order valence-corrected chi connectivity index (χ1v) is 12.9. The lowest BCUT2D eigenvalue weighted by Gasteiger charge is -2.51. The Morgan fingerprint density at radius 2 is 1.69 bits per heavy atom. The van der Waals surface area contributed by atoms with Crippen LogP contribution < -0.4 is 0 Å². The second-order valence-corrected chi connectivity index (χ2v) is 19.1. The molecule has 0 aromatic carbocycles. The molecule has 1 atom stereocenters. The Bertz CT molecular complexity index is 232. The van der Waals surface area contributed by atoms with E-state index in [1.54, 1.807) is 0 Å². The van der Waals surface area contributed by atoms with Gasteiger partial charge in [0.05, 0.1) is 13.7 Å². The molecular weight excluding hydrogens is 228 g/mol. The summed E-state index contributed by atoms with van der Waals surface area (Å²) < 4.78 is 6.60. The van der Waals surface area contributed by atoms with E-state index in [9.17, 15) is 0 Å². The van der Waals surface area contributed by atoms with Gasteiger partial charge in [-0.3, -0.25) is 0 Å². The van der Waals surface area contributed by atoms with E-state index in [2.05, 4.69) is 34.3 Å². The fraction of sp³-hybridized carbons (Fsp3) is 0.846. The maximum Gasteiger partial charge on any atom is 0.180 e.